The molecular formula is C17H27N3O. The minimum Gasteiger partial charge on any atom is -0.355 e. The third-order valence-electron chi connectivity index (χ3n) is 4.12. The molecule has 0 aromatic heterocycles. The summed E-state index contributed by atoms with van der Waals surface area (Å²) in [5.41, 5.74) is 6.78. The zero-order valence-electron chi connectivity index (χ0n) is 12.8. The molecule has 0 radical (unpaired) electrons. The first-order chi connectivity index (χ1) is 10.3. The van der Waals surface area contributed by atoms with Gasteiger partial charge in [-0.3, -0.25) is 9.69 Å². The first-order valence-corrected chi connectivity index (χ1v) is 8.04. The van der Waals surface area contributed by atoms with Gasteiger partial charge in [0, 0.05) is 25.6 Å². The first-order valence-electron chi connectivity index (χ1n) is 8.04. The SMILES string of the molecule is NCCCC(=O)NCC1CCCCN1Cc1ccccc1. The minimum atomic E-state index is 0.130. The molecule has 1 aromatic rings. The van der Waals surface area contributed by atoms with Crippen LogP contribution in [0.15, 0.2) is 30.3 Å². The summed E-state index contributed by atoms with van der Waals surface area (Å²) in [7, 11) is 0. The number of likely N-dealkylation sites (tertiary alicyclic amines) is 1. The van der Waals surface area contributed by atoms with Gasteiger partial charge in [-0.15, -0.1) is 0 Å². The van der Waals surface area contributed by atoms with Gasteiger partial charge in [0.1, 0.15) is 0 Å². The van der Waals surface area contributed by atoms with Gasteiger partial charge < -0.3 is 11.1 Å². The van der Waals surface area contributed by atoms with Crippen LogP contribution in [-0.4, -0.2) is 36.5 Å². The van der Waals surface area contributed by atoms with Crippen LogP contribution in [0, 0.1) is 0 Å². The molecule has 2 rings (SSSR count). The lowest BCUT2D eigenvalue weighted by molar-refractivity contribution is -0.121. The van der Waals surface area contributed by atoms with E-state index in [-0.39, 0.29) is 5.91 Å². The van der Waals surface area contributed by atoms with Crippen LogP contribution in [0.25, 0.3) is 0 Å². The Morgan fingerprint density at radius 1 is 1.29 bits per heavy atom. The lowest BCUT2D eigenvalue weighted by Gasteiger charge is -2.36. The van der Waals surface area contributed by atoms with Gasteiger partial charge in [0.2, 0.25) is 5.91 Å². The molecule has 21 heavy (non-hydrogen) atoms. The smallest absolute Gasteiger partial charge is 0.220 e. The van der Waals surface area contributed by atoms with E-state index in [1.807, 2.05) is 0 Å². The second kappa shape index (κ2) is 8.80. The van der Waals surface area contributed by atoms with Crippen molar-refractivity contribution in [3.8, 4) is 0 Å². The molecule has 1 atom stereocenters. The van der Waals surface area contributed by atoms with Crippen molar-refractivity contribution in [3.63, 3.8) is 0 Å². The number of amides is 1. The molecule has 4 nitrogen and oxygen atoms in total. The van der Waals surface area contributed by atoms with E-state index in [2.05, 4.69) is 40.5 Å². The Kier molecular flexibility index (Phi) is 6.70. The van der Waals surface area contributed by atoms with Crippen LogP contribution in [-0.2, 0) is 11.3 Å². The highest BCUT2D eigenvalue weighted by atomic mass is 16.1. The van der Waals surface area contributed by atoms with E-state index in [0.29, 0.717) is 19.0 Å². The summed E-state index contributed by atoms with van der Waals surface area (Å²) in [6.07, 6.45) is 5.00. The molecule has 1 saturated heterocycles. The van der Waals surface area contributed by atoms with E-state index >= 15 is 0 Å². The Bertz CT molecular complexity index is 421. The van der Waals surface area contributed by atoms with Crippen LogP contribution in [0.4, 0.5) is 0 Å². The van der Waals surface area contributed by atoms with E-state index < -0.39 is 0 Å². The Balaban J connectivity index is 1.82. The van der Waals surface area contributed by atoms with E-state index in [4.69, 9.17) is 5.73 Å². The fourth-order valence-corrected chi connectivity index (χ4v) is 2.90. The average molecular weight is 289 g/mol. The van der Waals surface area contributed by atoms with Crippen LogP contribution in [0.1, 0.15) is 37.7 Å². The summed E-state index contributed by atoms with van der Waals surface area (Å²) in [6, 6.07) is 11.0. The molecule has 1 unspecified atom stereocenters. The van der Waals surface area contributed by atoms with Crippen LogP contribution >= 0.6 is 0 Å². The predicted molar refractivity (Wildman–Crippen MR) is 85.8 cm³/mol. The second-order valence-electron chi connectivity index (χ2n) is 5.80. The van der Waals surface area contributed by atoms with E-state index in [1.54, 1.807) is 0 Å². The van der Waals surface area contributed by atoms with Crippen molar-refractivity contribution in [2.24, 2.45) is 5.73 Å². The topological polar surface area (TPSA) is 58.4 Å². The maximum atomic E-state index is 11.7. The number of piperidine rings is 1. The zero-order valence-corrected chi connectivity index (χ0v) is 12.8. The van der Waals surface area contributed by atoms with Crippen molar-refractivity contribution in [1.82, 2.24) is 10.2 Å². The number of benzene rings is 1. The van der Waals surface area contributed by atoms with Gasteiger partial charge in [-0.2, -0.15) is 0 Å². The zero-order chi connectivity index (χ0) is 14.9. The molecule has 1 amide bonds. The van der Waals surface area contributed by atoms with Crippen molar-refractivity contribution in [1.29, 1.82) is 0 Å². The molecule has 3 N–H and O–H groups in total. The van der Waals surface area contributed by atoms with E-state index in [9.17, 15) is 4.79 Å². The normalized spacial score (nSPS) is 19.4. The lowest BCUT2D eigenvalue weighted by Crippen LogP contribution is -2.46. The number of nitrogens with one attached hydrogen (secondary N) is 1. The molecule has 1 aliphatic heterocycles. The lowest BCUT2D eigenvalue weighted by atomic mass is 10.0. The third kappa shape index (κ3) is 5.48. The third-order valence-corrected chi connectivity index (χ3v) is 4.12. The molecule has 0 spiro atoms. The number of carbonyl (C=O) groups excluding carboxylic acids is 1. The van der Waals surface area contributed by atoms with Crippen molar-refractivity contribution in [2.45, 2.75) is 44.7 Å². The highest BCUT2D eigenvalue weighted by Crippen LogP contribution is 2.19. The van der Waals surface area contributed by atoms with Crippen LogP contribution in [0.2, 0.25) is 0 Å². The summed E-state index contributed by atoms with van der Waals surface area (Å²) in [6.45, 7) is 3.44. The van der Waals surface area contributed by atoms with Gasteiger partial charge in [0.05, 0.1) is 0 Å². The number of rotatable bonds is 7. The standard InChI is InChI=1S/C17H27N3O/c18-11-6-10-17(21)19-13-16-9-4-5-12-20(16)14-15-7-2-1-3-8-15/h1-3,7-8,16H,4-6,9-14,18H2,(H,19,21). The molecular weight excluding hydrogens is 262 g/mol. The molecule has 116 valence electrons. The van der Waals surface area contributed by atoms with E-state index in [0.717, 1.165) is 26.1 Å². The molecule has 1 aliphatic rings. The van der Waals surface area contributed by atoms with Crippen LogP contribution in [0.5, 0.6) is 0 Å². The fourth-order valence-electron chi connectivity index (χ4n) is 2.90. The molecule has 0 saturated carbocycles. The number of hydrogen-bond acceptors (Lipinski definition) is 3. The maximum Gasteiger partial charge on any atom is 0.220 e. The summed E-state index contributed by atoms with van der Waals surface area (Å²) in [4.78, 5) is 14.2. The first kappa shape index (κ1) is 16.0. The summed E-state index contributed by atoms with van der Waals surface area (Å²) in [5, 5.41) is 3.07. The van der Waals surface area contributed by atoms with Gasteiger partial charge in [0.15, 0.2) is 0 Å². The predicted octanol–water partition coefficient (Wildman–Crippen LogP) is 1.90. The van der Waals surface area contributed by atoms with Crippen molar-refractivity contribution in [3.05, 3.63) is 35.9 Å². The number of nitrogens with two attached hydrogens (primary N) is 1. The van der Waals surface area contributed by atoms with Gasteiger partial charge in [-0.05, 0) is 37.9 Å². The fraction of sp³-hybridized carbons (Fsp3) is 0.588. The Morgan fingerprint density at radius 3 is 2.86 bits per heavy atom. The molecule has 4 heteroatoms. The van der Waals surface area contributed by atoms with Gasteiger partial charge in [0.25, 0.3) is 0 Å². The maximum absolute atomic E-state index is 11.7. The quantitative estimate of drug-likeness (QED) is 0.806. The minimum absolute atomic E-state index is 0.130. The number of nitrogens with zero attached hydrogens (tertiary/aromatic N) is 1. The molecule has 1 aromatic carbocycles. The largest absolute Gasteiger partial charge is 0.355 e. The van der Waals surface area contributed by atoms with Crippen LogP contribution in [0.3, 0.4) is 0 Å². The monoisotopic (exact) mass is 289 g/mol. The van der Waals surface area contributed by atoms with Crippen molar-refractivity contribution in [2.75, 3.05) is 19.6 Å². The molecule has 0 aliphatic carbocycles. The summed E-state index contributed by atoms with van der Waals surface area (Å²) < 4.78 is 0. The highest BCUT2D eigenvalue weighted by Gasteiger charge is 2.22. The molecule has 1 fully saturated rings. The van der Waals surface area contributed by atoms with Gasteiger partial charge >= 0.3 is 0 Å². The Labute approximate surface area is 127 Å². The van der Waals surface area contributed by atoms with E-state index in [1.165, 1.54) is 24.8 Å². The van der Waals surface area contributed by atoms with Crippen molar-refractivity contribution >= 4 is 5.91 Å². The Morgan fingerprint density at radius 2 is 2.10 bits per heavy atom. The summed E-state index contributed by atoms with van der Waals surface area (Å²) >= 11 is 0. The molecule has 1 heterocycles. The molecule has 0 bridgehead atoms. The number of carbonyl (C=O) groups is 1. The second-order valence-corrected chi connectivity index (χ2v) is 5.80. The van der Waals surface area contributed by atoms with Crippen molar-refractivity contribution < 1.29 is 4.79 Å². The van der Waals surface area contributed by atoms with Crippen LogP contribution < -0.4 is 11.1 Å². The summed E-state index contributed by atoms with van der Waals surface area (Å²) in [5.74, 6) is 0.130. The van der Waals surface area contributed by atoms with Gasteiger partial charge in [-0.1, -0.05) is 36.8 Å². The van der Waals surface area contributed by atoms with Gasteiger partial charge in [-0.25, -0.2) is 0 Å². The Hall–Kier alpha value is -1.39. The highest BCUT2D eigenvalue weighted by molar-refractivity contribution is 5.75. The number of hydrogen-bond donors (Lipinski definition) is 2. The average Bonchev–Trinajstić information content (AvgIpc) is 2.53.